The van der Waals surface area contributed by atoms with Crippen LogP contribution in [-0.2, 0) is 9.59 Å². The monoisotopic (exact) mass is 528 g/mol. The van der Waals surface area contributed by atoms with E-state index in [1.807, 2.05) is 0 Å². The van der Waals surface area contributed by atoms with Gasteiger partial charge >= 0.3 is 0 Å². The van der Waals surface area contributed by atoms with Crippen molar-refractivity contribution >= 4 is 57.8 Å². The van der Waals surface area contributed by atoms with Crippen LogP contribution in [-0.4, -0.2) is 64.6 Å². The number of carbonyl (C=O) groups is 3. The Morgan fingerprint density at radius 3 is 2.39 bits per heavy atom. The summed E-state index contributed by atoms with van der Waals surface area (Å²) in [5.74, 6) is -1.07. The van der Waals surface area contributed by atoms with E-state index in [2.05, 4.69) is 29.4 Å². The summed E-state index contributed by atoms with van der Waals surface area (Å²) in [4.78, 5) is 41.5. The summed E-state index contributed by atoms with van der Waals surface area (Å²) in [7, 11) is 0. The summed E-state index contributed by atoms with van der Waals surface area (Å²) in [5.41, 5.74) is 1.76. The maximum atomic E-state index is 13.1. The van der Waals surface area contributed by atoms with Crippen LogP contribution in [0.5, 0.6) is 0 Å². The van der Waals surface area contributed by atoms with Crippen LogP contribution in [0.2, 0.25) is 0 Å². The van der Waals surface area contributed by atoms with E-state index in [4.69, 9.17) is 12.2 Å². The zero-order valence-corrected chi connectivity index (χ0v) is 21.9. The van der Waals surface area contributed by atoms with Crippen molar-refractivity contribution in [1.82, 2.24) is 15.1 Å². The molecule has 2 aromatic rings. The molecule has 0 aromatic heterocycles. The molecule has 2 aromatic carbocycles. The number of thiocarbonyl (C=S) groups is 1. The molecule has 3 amide bonds. The molecular weight excluding hydrogens is 499 g/mol. The highest BCUT2D eigenvalue weighted by atomic mass is 32.2. The number of thioether (sulfide) groups is 1. The average molecular weight is 529 g/mol. The predicted molar refractivity (Wildman–Crippen MR) is 146 cm³/mol. The van der Waals surface area contributed by atoms with Crippen LogP contribution in [0.25, 0.3) is 6.08 Å². The van der Waals surface area contributed by atoms with Crippen LogP contribution in [0.1, 0.15) is 36.2 Å². The fourth-order valence-corrected chi connectivity index (χ4v) is 4.82. The van der Waals surface area contributed by atoms with Crippen molar-refractivity contribution in [2.75, 3.05) is 38.0 Å². The van der Waals surface area contributed by atoms with E-state index in [-0.39, 0.29) is 36.5 Å². The Balaban J connectivity index is 1.47. The molecule has 0 unspecified atom stereocenters. The molecule has 1 saturated heterocycles. The summed E-state index contributed by atoms with van der Waals surface area (Å²) in [6, 6.07) is 12.5. The molecule has 0 atom stereocenters. The van der Waals surface area contributed by atoms with Crippen molar-refractivity contribution in [1.29, 1.82) is 0 Å². The molecule has 1 aliphatic rings. The van der Waals surface area contributed by atoms with Gasteiger partial charge in [0.05, 0.1) is 4.91 Å². The van der Waals surface area contributed by atoms with Crippen LogP contribution < -0.4 is 10.6 Å². The highest BCUT2D eigenvalue weighted by Crippen LogP contribution is 2.32. The summed E-state index contributed by atoms with van der Waals surface area (Å²) in [5, 5.41) is 5.67. The van der Waals surface area contributed by atoms with Crippen LogP contribution in [0, 0.1) is 5.82 Å². The second-order valence-corrected chi connectivity index (χ2v) is 9.72. The van der Waals surface area contributed by atoms with Crippen LogP contribution >= 0.6 is 24.0 Å². The van der Waals surface area contributed by atoms with E-state index in [1.165, 1.54) is 17.0 Å². The summed E-state index contributed by atoms with van der Waals surface area (Å²) < 4.78 is 13.5. The summed E-state index contributed by atoms with van der Waals surface area (Å²) in [6.07, 6.45) is 1.71. The molecule has 0 bridgehead atoms. The smallest absolute Gasteiger partial charge is 0.266 e. The van der Waals surface area contributed by atoms with Gasteiger partial charge in [-0.2, -0.15) is 0 Å². The normalized spacial score (nSPS) is 14.6. The third-order valence-electron chi connectivity index (χ3n) is 5.64. The minimum atomic E-state index is -0.352. The number of nitrogens with zero attached hydrogens (tertiary/aromatic N) is 2. The number of carbonyl (C=O) groups excluding carboxylic acids is 3. The molecule has 1 heterocycles. The highest BCUT2D eigenvalue weighted by Gasteiger charge is 2.32. The van der Waals surface area contributed by atoms with Crippen molar-refractivity contribution in [3.8, 4) is 0 Å². The molecule has 0 radical (unpaired) electrons. The van der Waals surface area contributed by atoms with Gasteiger partial charge in [0.1, 0.15) is 10.1 Å². The zero-order valence-electron chi connectivity index (χ0n) is 20.3. The highest BCUT2D eigenvalue weighted by molar-refractivity contribution is 8.26. The lowest BCUT2D eigenvalue weighted by atomic mass is 10.2. The van der Waals surface area contributed by atoms with Gasteiger partial charge in [0.2, 0.25) is 5.91 Å². The lowest BCUT2D eigenvalue weighted by Gasteiger charge is -2.18. The number of anilines is 1. The minimum Gasteiger partial charge on any atom is -0.351 e. The number of amides is 3. The largest absolute Gasteiger partial charge is 0.351 e. The first-order valence-electron chi connectivity index (χ1n) is 11.7. The quantitative estimate of drug-likeness (QED) is 0.337. The molecule has 7 nitrogen and oxygen atoms in total. The van der Waals surface area contributed by atoms with Gasteiger partial charge in [-0.25, -0.2) is 4.39 Å². The van der Waals surface area contributed by atoms with Gasteiger partial charge in [0, 0.05) is 37.3 Å². The van der Waals surface area contributed by atoms with Gasteiger partial charge < -0.3 is 15.5 Å². The first-order valence-corrected chi connectivity index (χ1v) is 12.9. The Morgan fingerprint density at radius 2 is 1.75 bits per heavy atom. The van der Waals surface area contributed by atoms with E-state index in [0.29, 0.717) is 32.6 Å². The van der Waals surface area contributed by atoms with Gasteiger partial charge in [-0.05, 0) is 61.1 Å². The minimum absolute atomic E-state index is 0.0594. The van der Waals surface area contributed by atoms with Crippen LogP contribution in [0.3, 0.4) is 0 Å². The average Bonchev–Trinajstić information content (AvgIpc) is 3.14. The molecule has 1 fully saturated rings. The molecule has 36 heavy (non-hydrogen) atoms. The Bertz CT molecular complexity index is 1130. The maximum Gasteiger partial charge on any atom is 0.266 e. The lowest BCUT2D eigenvalue weighted by Crippen LogP contribution is -2.34. The Hall–Kier alpha value is -3.08. The van der Waals surface area contributed by atoms with E-state index >= 15 is 0 Å². The molecule has 0 spiro atoms. The zero-order chi connectivity index (χ0) is 26.1. The van der Waals surface area contributed by atoms with Crippen molar-refractivity contribution < 1.29 is 18.8 Å². The number of benzene rings is 2. The molecule has 1 aliphatic heterocycles. The van der Waals surface area contributed by atoms with Crippen molar-refractivity contribution in [2.45, 2.75) is 20.3 Å². The second kappa shape index (κ2) is 13.3. The summed E-state index contributed by atoms with van der Waals surface area (Å²) >= 11 is 6.46. The standard InChI is InChI=1S/C26H29FN4O3S2/c1-3-30(4-2)16-14-28-24(33)19-7-11-21(12-8-19)29-23(32)13-15-31-25(34)22(36-26(31)35)17-18-5-9-20(27)10-6-18/h5-12,17H,3-4,13-16H2,1-2H3,(H,28,33)(H,29,32). The fraction of sp³-hybridized carbons (Fsp3) is 0.308. The number of nitrogens with one attached hydrogen (secondary N) is 2. The topological polar surface area (TPSA) is 81.8 Å². The maximum absolute atomic E-state index is 13.1. The number of halogens is 1. The Labute approximate surface area is 220 Å². The molecule has 190 valence electrons. The second-order valence-electron chi connectivity index (χ2n) is 8.04. The number of rotatable bonds is 11. The SMILES string of the molecule is CCN(CC)CCNC(=O)c1ccc(NC(=O)CCN2C(=O)C(=Cc3ccc(F)cc3)SC2=S)cc1. The fourth-order valence-electron chi connectivity index (χ4n) is 3.51. The van der Waals surface area contributed by atoms with Gasteiger partial charge in [-0.15, -0.1) is 0 Å². The molecule has 0 saturated carbocycles. The van der Waals surface area contributed by atoms with Gasteiger partial charge in [-0.3, -0.25) is 19.3 Å². The molecule has 3 rings (SSSR count). The van der Waals surface area contributed by atoms with Crippen molar-refractivity contribution in [2.24, 2.45) is 0 Å². The predicted octanol–water partition coefficient (Wildman–Crippen LogP) is 4.13. The van der Waals surface area contributed by atoms with Crippen molar-refractivity contribution in [3.63, 3.8) is 0 Å². The summed E-state index contributed by atoms with van der Waals surface area (Å²) in [6.45, 7) is 7.53. The van der Waals surface area contributed by atoms with Gasteiger partial charge in [-0.1, -0.05) is 50.0 Å². The van der Waals surface area contributed by atoms with Gasteiger partial charge in [0.15, 0.2) is 0 Å². The van der Waals surface area contributed by atoms with E-state index in [1.54, 1.807) is 42.5 Å². The Morgan fingerprint density at radius 1 is 1.08 bits per heavy atom. The third-order valence-corrected chi connectivity index (χ3v) is 7.02. The first kappa shape index (κ1) is 27.5. The van der Waals surface area contributed by atoms with Crippen LogP contribution in [0.4, 0.5) is 10.1 Å². The number of hydrogen-bond donors (Lipinski definition) is 2. The molecule has 10 heteroatoms. The molecule has 0 aliphatic carbocycles. The van der Waals surface area contributed by atoms with E-state index < -0.39 is 0 Å². The van der Waals surface area contributed by atoms with Gasteiger partial charge in [0.25, 0.3) is 11.8 Å². The van der Waals surface area contributed by atoms with E-state index in [0.717, 1.165) is 31.4 Å². The number of likely N-dealkylation sites (N-methyl/N-ethyl adjacent to an activating group) is 1. The lowest BCUT2D eigenvalue weighted by molar-refractivity contribution is -0.122. The molecular formula is C26H29FN4O3S2. The third kappa shape index (κ3) is 7.71. The molecule has 2 N–H and O–H groups in total. The van der Waals surface area contributed by atoms with Crippen LogP contribution in [0.15, 0.2) is 53.4 Å². The first-order chi connectivity index (χ1) is 17.3. The van der Waals surface area contributed by atoms with Crippen molar-refractivity contribution in [3.05, 3.63) is 70.4 Å². The Kier molecular flexibility index (Phi) is 10.2. The van der Waals surface area contributed by atoms with E-state index in [9.17, 15) is 18.8 Å². The number of hydrogen-bond acceptors (Lipinski definition) is 6.